The smallest absolute Gasteiger partial charge is 0.656 e. The van der Waals surface area contributed by atoms with E-state index in [0.717, 1.165) is 146 Å². The first-order chi connectivity index (χ1) is 32.9. The Kier molecular flexibility index (Phi) is 14.1. The van der Waals surface area contributed by atoms with Crippen LogP contribution in [0.3, 0.4) is 0 Å². The van der Waals surface area contributed by atoms with Crippen LogP contribution in [0.4, 0.5) is 0 Å². The first-order valence-corrected chi connectivity index (χ1v) is 23.1. The summed E-state index contributed by atoms with van der Waals surface area (Å²) in [7, 11) is 0. The zero-order chi connectivity index (χ0) is 47.6. The Morgan fingerprint density at radius 1 is 0.333 bits per heavy atom. The molecule has 0 spiro atoms. The summed E-state index contributed by atoms with van der Waals surface area (Å²) in [6, 6.07) is 42.6. The molecular weight excluding hydrogens is 889 g/mol. The fraction of sp³-hybridized carbons (Fsp3) is 0.167. The third kappa shape index (κ3) is 9.11. The van der Waals surface area contributed by atoms with Crippen LogP contribution in [-0.4, -0.2) is 29.9 Å². The van der Waals surface area contributed by atoms with Gasteiger partial charge in [-0.2, -0.15) is 0 Å². The second kappa shape index (κ2) is 20.3. The van der Waals surface area contributed by atoms with Crippen molar-refractivity contribution in [3.05, 3.63) is 203 Å². The number of imidazole rings is 2. The molecule has 0 unspecified atom stereocenters. The normalized spacial score (nSPS) is 12.0. The average Bonchev–Trinajstić information content (AvgIpc) is 4.24. The quantitative estimate of drug-likeness (QED) is 0.170. The van der Waals surface area contributed by atoms with Gasteiger partial charge < -0.3 is 19.9 Å². The van der Waals surface area contributed by atoms with E-state index in [0.29, 0.717) is 0 Å². The third-order valence-electron chi connectivity index (χ3n) is 13.4. The summed E-state index contributed by atoms with van der Waals surface area (Å²) in [5.74, 6) is 1.94. The summed E-state index contributed by atoms with van der Waals surface area (Å²) >= 11 is 0. The molecule has 0 saturated heterocycles. The number of aromatic nitrogens is 8. The fourth-order valence-corrected chi connectivity index (χ4v) is 9.14. The van der Waals surface area contributed by atoms with E-state index in [2.05, 4.69) is 197 Å². The molecule has 0 atom stereocenters. The number of hydrogen-bond acceptors (Lipinski definition) is 4. The van der Waals surface area contributed by atoms with Crippen molar-refractivity contribution in [3.63, 3.8) is 0 Å². The zero-order valence-corrected chi connectivity index (χ0v) is 42.0. The van der Waals surface area contributed by atoms with Crippen LogP contribution < -0.4 is 9.97 Å². The predicted molar refractivity (Wildman–Crippen MR) is 283 cm³/mol. The zero-order valence-electron chi connectivity index (χ0n) is 40.9. The summed E-state index contributed by atoms with van der Waals surface area (Å²) in [6.45, 7) is 21.5. The molecule has 8 nitrogen and oxygen atoms in total. The van der Waals surface area contributed by atoms with E-state index in [9.17, 15) is 0 Å². The van der Waals surface area contributed by atoms with Gasteiger partial charge in [0.25, 0.3) is 0 Å². The number of allylic oxidation sites excluding steroid dienone is 4. The van der Waals surface area contributed by atoms with E-state index < -0.39 is 0 Å². The monoisotopic (exact) mass is 944 g/mol. The van der Waals surface area contributed by atoms with Gasteiger partial charge in [0, 0.05) is 24.8 Å². The van der Waals surface area contributed by atoms with Gasteiger partial charge in [-0.1, -0.05) is 144 Å². The largest absolute Gasteiger partial charge is 3.00 e. The number of aryl methyl sites for hydroxylation is 6. The number of fused-ring (bicyclic) bond motifs is 8. The molecule has 0 amide bonds. The number of nitrogens with zero attached hydrogens (tertiary/aromatic N) is 6. The number of aromatic amines is 2. The van der Waals surface area contributed by atoms with Crippen molar-refractivity contribution < 1.29 is 17.1 Å². The minimum absolute atomic E-state index is 0. The second-order valence-electron chi connectivity index (χ2n) is 17.5. The molecule has 0 aliphatic carbocycles. The summed E-state index contributed by atoms with van der Waals surface area (Å²) in [5, 5.41) is 0. The first kappa shape index (κ1) is 47.9. The Morgan fingerprint density at radius 3 is 0.739 bits per heavy atom. The van der Waals surface area contributed by atoms with Crippen LogP contribution in [0.2, 0.25) is 0 Å². The van der Waals surface area contributed by atoms with Crippen LogP contribution >= 0.6 is 0 Å². The molecule has 2 aliphatic rings. The minimum Gasteiger partial charge on any atom is -0.656 e. The van der Waals surface area contributed by atoms with E-state index in [-0.39, 0.29) is 17.1 Å². The van der Waals surface area contributed by atoms with E-state index in [1.807, 2.05) is 13.8 Å². The molecule has 0 saturated carbocycles. The van der Waals surface area contributed by atoms with E-state index in [4.69, 9.17) is 19.9 Å². The van der Waals surface area contributed by atoms with Gasteiger partial charge in [0.05, 0.1) is 22.8 Å². The van der Waals surface area contributed by atoms with Crippen molar-refractivity contribution in [2.75, 3.05) is 0 Å². The Labute approximate surface area is 415 Å². The van der Waals surface area contributed by atoms with Gasteiger partial charge in [0.1, 0.15) is 11.6 Å². The molecule has 5 aromatic heterocycles. The Hall–Kier alpha value is -7.58. The Bertz CT molecular complexity index is 3080. The van der Waals surface area contributed by atoms with Crippen LogP contribution in [0.5, 0.6) is 0 Å². The van der Waals surface area contributed by atoms with Crippen molar-refractivity contribution in [2.24, 2.45) is 0 Å². The van der Waals surface area contributed by atoms with Gasteiger partial charge in [-0.15, -0.1) is 22.1 Å². The molecule has 1 radical (unpaired) electrons. The number of hydrogen-bond donors (Lipinski definition) is 2. The van der Waals surface area contributed by atoms with Gasteiger partial charge in [-0.25, -0.2) is 19.9 Å². The molecule has 8 bridgehead atoms. The number of rotatable bonds is 4. The molecule has 9 heteroatoms. The van der Waals surface area contributed by atoms with Crippen molar-refractivity contribution in [3.8, 4) is 44.5 Å². The molecule has 11 rings (SSSR count). The van der Waals surface area contributed by atoms with Crippen molar-refractivity contribution in [2.45, 2.75) is 69.2 Å². The van der Waals surface area contributed by atoms with Gasteiger partial charge >= 0.3 is 17.1 Å². The molecule has 9 aromatic rings. The van der Waals surface area contributed by atoms with Gasteiger partial charge in [0.15, 0.2) is 0 Å². The molecule has 69 heavy (non-hydrogen) atoms. The molecule has 2 N–H and O–H groups in total. The van der Waals surface area contributed by atoms with Gasteiger partial charge in [-0.05, 0) is 136 Å². The number of nitrogens with one attached hydrogen (secondary N) is 2. The van der Waals surface area contributed by atoms with Crippen LogP contribution in [0.1, 0.15) is 84.4 Å². The maximum absolute atomic E-state index is 5.68. The van der Waals surface area contributed by atoms with Gasteiger partial charge in [-0.3, -0.25) is 0 Å². The summed E-state index contributed by atoms with van der Waals surface area (Å²) in [5.41, 5.74) is 25.1. The third-order valence-corrected chi connectivity index (χ3v) is 13.4. The van der Waals surface area contributed by atoms with E-state index in [1.165, 1.54) is 0 Å². The van der Waals surface area contributed by atoms with E-state index in [1.54, 1.807) is 24.8 Å². The molecule has 0 fully saturated rings. The van der Waals surface area contributed by atoms with Crippen LogP contribution in [0, 0.1) is 41.5 Å². The van der Waals surface area contributed by atoms with Gasteiger partial charge in [0.2, 0.25) is 0 Å². The Balaban J connectivity index is 0.000000432. The predicted octanol–water partition coefficient (Wildman–Crippen LogP) is 14.8. The molecule has 343 valence electrons. The fourth-order valence-electron chi connectivity index (χ4n) is 9.14. The number of H-pyrrole nitrogens is 2. The first-order valence-electron chi connectivity index (χ1n) is 23.1. The summed E-state index contributed by atoms with van der Waals surface area (Å²) in [6.07, 6.45) is 7.06. The van der Waals surface area contributed by atoms with Crippen LogP contribution in [-0.2, 0) is 17.1 Å². The van der Waals surface area contributed by atoms with Crippen molar-refractivity contribution >= 4 is 44.4 Å². The average molecular weight is 945 g/mol. The minimum atomic E-state index is 0. The topological polar surface area (TPSA) is 111 Å². The molecule has 7 heterocycles. The molecule has 2 aliphatic heterocycles. The van der Waals surface area contributed by atoms with Crippen LogP contribution in [0.15, 0.2) is 146 Å². The van der Waals surface area contributed by atoms with Crippen LogP contribution in [0.25, 0.3) is 88.9 Å². The summed E-state index contributed by atoms with van der Waals surface area (Å²) in [4.78, 5) is 36.2. The maximum Gasteiger partial charge on any atom is 3.00 e. The molecule has 4 aromatic carbocycles. The maximum atomic E-state index is 5.68. The standard InChI is InChI=1S/C52H44N4.2C4H6N2.Fe/c1-29-30(2)46-42(38-23-15-10-16-24-38)48-33(5)34(6)50(55-48)44(40-27-19-12-20-28-40)52-36(8)35(7)51(56-52)43(39-25-17-11-18-26-39)49-32(4)31(3)47(54-49)41(45(29)53-46)37-21-13-9-14-22-37;2*1-4-5-2-3-6-4;/h9-28H,1-8H3;2*2-3H,1H3,(H,5,6);/q-2;;;+3. The second-order valence-corrected chi connectivity index (χ2v) is 17.5. The summed E-state index contributed by atoms with van der Waals surface area (Å²) < 4.78 is 0. The van der Waals surface area contributed by atoms with Crippen molar-refractivity contribution in [1.29, 1.82) is 0 Å². The van der Waals surface area contributed by atoms with Crippen molar-refractivity contribution in [1.82, 2.24) is 39.9 Å². The molecular formula is C60H56FeN8+. The SMILES string of the molecule is CC1=C(C)c2nc1c(-c1ccccc1)c1[n-]c(c(C)c1C)c(-c1ccccc1)c1nc(c(-c3ccccc3)c3[n-]c(c(C)c3C)c2-c2ccccc2)C(C)=C1C.Cc1ncc[nH]1.Cc1ncc[nH]1.[Fe+3]. The van der Waals surface area contributed by atoms with E-state index >= 15 is 0 Å². The number of benzene rings is 4. The Morgan fingerprint density at radius 2 is 0.565 bits per heavy atom.